The van der Waals surface area contributed by atoms with Gasteiger partial charge in [-0.05, 0) is 36.4 Å². The average molecular weight is 389 g/mol. The number of hydrogen-bond donors (Lipinski definition) is 1. The third kappa shape index (κ3) is 4.53. The lowest BCUT2D eigenvalue weighted by Gasteiger charge is -2.14. The van der Waals surface area contributed by atoms with Crippen molar-refractivity contribution in [2.75, 3.05) is 20.3 Å². The van der Waals surface area contributed by atoms with Gasteiger partial charge in [-0.25, -0.2) is 14.2 Å². The molecule has 0 spiro atoms. The molecule has 6 nitrogen and oxygen atoms in total. The fraction of sp³-hybridized carbons (Fsp3) is 0.158. The number of carboxylic acid groups (broad SMARTS) is 1. The number of hydrogen-bond acceptors (Lipinski definition) is 6. The second-order valence-electron chi connectivity index (χ2n) is 5.33. The minimum Gasteiger partial charge on any atom is -0.493 e. The zero-order valence-corrected chi connectivity index (χ0v) is 15.2. The second-order valence-corrected chi connectivity index (χ2v) is 6.19. The van der Waals surface area contributed by atoms with Crippen molar-refractivity contribution in [1.82, 2.24) is 4.98 Å². The lowest BCUT2D eigenvalue weighted by atomic mass is 10.2. The molecular weight excluding hydrogens is 373 g/mol. The van der Waals surface area contributed by atoms with E-state index in [9.17, 15) is 9.18 Å². The Hall–Kier alpha value is -3.13. The Morgan fingerprint density at radius 3 is 2.56 bits per heavy atom. The van der Waals surface area contributed by atoms with Gasteiger partial charge in [0, 0.05) is 5.38 Å². The highest BCUT2D eigenvalue weighted by atomic mass is 32.1. The molecule has 2 aromatic carbocycles. The number of rotatable bonds is 8. The van der Waals surface area contributed by atoms with Crippen molar-refractivity contribution >= 4 is 17.3 Å². The molecule has 3 aromatic rings. The number of aromatic nitrogens is 1. The zero-order chi connectivity index (χ0) is 19.2. The largest absolute Gasteiger partial charge is 0.493 e. The second kappa shape index (κ2) is 8.50. The van der Waals surface area contributed by atoms with Crippen LogP contribution in [0.25, 0.3) is 10.6 Å². The standard InChI is InChI=1S/C19H16FNO5S/c1-24-16-4-2-3-14(18-21-15(11-27-18)19(22)23)17(16)26-10-9-25-13-7-5-12(20)6-8-13/h2-8,11H,9-10H2,1H3,(H,22,23). The molecule has 1 aromatic heterocycles. The first-order valence-electron chi connectivity index (χ1n) is 7.96. The molecule has 0 bridgehead atoms. The summed E-state index contributed by atoms with van der Waals surface area (Å²) in [5.74, 6) is 0.0682. The predicted octanol–water partition coefficient (Wildman–Crippen LogP) is 4.11. The number of ether oxygens (including phenoxy) is 3. The number of benzene rings is 2. The summed E-state index contributed by atoms with van der Waals surface area (Å²) in [4.78, 5) is 15.2. The van der Waals surface area contributed by atoms with Gasteiger partial charge in [0.05, 0.1) is 12.7 Å². The van der Waals surface area contributed by atoms with Crippen LogP contribution in [0.2, 0.25) is 0 Å². The maximum Gasteiger partial charge on any atom is 0.355 e. The molecule has 0 atom stereocenters. The van der Waals surface area contributed by atoms with E-state index in [1.807, 2.05) is 0 Å². The quantitative estimate of drug-likeness (QED) is 0.584. The molecule has 0 amide bonds. The van der Waals surface area contributed by atoms with Crippen molar-refractivity contribution in [1.29, 1.82) is 0 Å². The highest BCUT2D eigenvalue weighted by Crippen LogP contribution is 2.39. The van der Waals surface area contributed by atoms with Gasteiger partial charge in [0.2, 0.25) is 0 Å². The molecule has 1 heterocycles. The third-order valence-corrected chi connectivity index (χ3v) is 4.44. The first-order chi connectivity index (χ1) is 13.1. The van der Waals surface area contributed by atoms with E-state index in [1.54, 1.807) is 18.2 Å². The summed E-state index contributed by atoms with van der Waals surface area (Å²) in [6.45, 7) is 0.448. The number of thiazole rings is 1. The summed E-state index contributed by atoms with van der Waals surface area (Å²) in [5.41, 5.74) is 0.608. The van der Waals surface area contributed by atoms with Gasteiger partial charge in [-0.2, -0.15) is 0 Å². The Morgan fingerprint density at radius 2 is 1.89 bits per heavy atom. The van der Waals surface area contributed by atoms with Gasteiger partial charge in [-0.15, -0.1) is 11.3 Å². The smallest absolute Gasteiger partial charge is 0.355 e. The topological polar surface area (TPSA) is 77.9 Å². The minimum atomic E-state index is -1.09. The molecule has 3 rings (SSSR count). The summed E-state index contributed by atoms with van der Waals surface area (Å²) >= 11 is 1.21. The Morgan fingerprint density at radius 1 is 1.15 bits per heavy atom. The lowest BCUT2D eigenvalue weighted by Crippen LogP contribution is -2.10. The normalized spacial score (nSPS) is 10.4. The SMILES string of the molecule is COc1cccc(-c2nc(C(=O)O)cs2)c1OCCOc1ccc(F)cc1. The Labute approximate surface area is 158 Å². The maximum atomic E-state index is 12.9. The van der Waals surface area contributed by atoms with Gasteiger partial charge in [-0.3, -0.25) is 0 Å². The molecule has 0 saturated heterocycles. The number of carboxylic acids is 1. The van der Waals surface area contributed by atoms with Crippen molar-refractivity contribution in [3.63, 3.8) is 0 Å². The van der Waals surface area contributed by atoms with Crippen LogP contribution in [0, 0.1) is 5.82 Å². The number of nitrogens with zero attached hydrogens (tertiary/aromatic N) is 1. The van der Waals surface area contributed by atoms with Crippen LogP contribution >= 0.6 is 11.3 Å². The fourth-order valence-corrected chi connectivity index (χ4v) is 3.14. The van der Waals surface area contributed by atoms with Gasteiger partial charge in [0.1, 0.15) is 29.8 Å². The molecule has 27 heavy (non-hydrogen) atoms. The van der Waals surface area contributed by atoms with E-state index in [0.29, 0.717) is 27.8 Å². The first kappa shape index (κ1) is 18.7. The van der Waals surface area contributed by atoms with E-state index in [4.69, 9.17) is 19.3 Å². The zero-order valence-electron chi connectivity index (χ0n) is 14.3. The number of aromatic carboxylic acids is 1. The number of para-hydroxylation sites is 1. The average Bonchev–Trinajstić information content (AvgIpc) is 3.17. The maximum absolute atomic E-state index is 12.9. The molecule has 0 fully saturated rings. The van der Waals surface area contributed by atoms with Gasteiger partial charge in [0.25, 0.3) is 0 Å². The van der Waals surface area contributed by atoms with Gasteiger partial charge in [-0.1, -0.05) is 6.07 Å². The Balaban J connectivity index is 1.73. The molecular formula is C19H16FNO5S. The van der Waals surface area contributed by atoms with Crippen LogP contribution < -0.4 is 14.2 Å². The van der Waals surface area contributed by atoms with Crippen LogP contribution in [0.15, 0.2) is 47.8 Å². The fourth-order valence-electron chi connectivity index (χ4n) is 2.32. The molecule has 1 N–H and O–H groups in total. The van der Waals surface area contributed by atoms with Crippen LogP contribution in [0.4, 0.5) is 4.39 Å². The van der Waals surface area contributed by atoms with Crippen molar-refractivity contribution < 1.29 is 28.5 Å². The van der Waals surface area contributed by atoms with E-state index < -0.39 is 5.97 Å². The number of carbonyl (C=O) groups is 1. The van der Waals surface area contributed by atoms with Crippen molar-refractivity contribution in [2.45, 2.75) is 0 Å². The molecule has 0 aliphatic heterocycles. The van der Waals surface area contributed by atoms with Crippen molar-refractivity contribution in [3.05, 3.63) is 59.4 Å². The van der Waals surface area contributed by atoms with E-state index in [-0.39, 0.29) is 24.7 Å². The number of halogens is 1. The van der Waals surface area contributed by atoms with E-state index in [2.05, 4.69) is 4.98 Å². The molecule has 0 unspecified atom stereocenters. The monoisotopic (exact) mass is 389 g/mol. The van der Waals surface area contributed by atoms with Gasteiger partial charge in [0.15, 0.2) is 17.2 Å². The van der Waals surface area contributed by atoms with Gasteiger partial charge >= 0.3 is 5.97 Å². The van der Waals surface area contributed by atoms with E-state index in [0.717, 1.165) is 0 Å². The Kier molecular flexibility index (Phi) is 5.87. The summed E-state index contributed by atoms with van der Waals surface area (Å²) in [6, 6.07) is 11.0. The molecule has 8 heteroatoms. The van der Waals surface area contributed by atoms with E-state index in [1.165, 1.54) is 48.1 Å². The number of methoxy groups -OCH3 is 1. The van der Waals surface area contributed by atoms with E-state index >= 15 is 0 Å². The molecule has 0 radical (unpaired) electrons. The predicted molar refractivity (Wildman–Crippen MR) is 98.5 cm³/mol. The van der Waals surface area contributed by atoms with Crippen LogP contribution in [0.3, 0.4) is 0 Å². The van der Waals surface area contributed by atoms with Crippen LogP contribution in [-0.4, -0.2) is 36.4 Å². The lowest BCUT2D eigenvalue weighted by molar-refractivity contribution is 0.0691. The summed E-state index contributed by atoms with van der Waals surface area (Å²) in [7, 11) is 1.52. The Bertz CT molecular complexity index is 926. The third-order valence-electron chi connectivity index (χ3n) is 3.56. The first-order valence-corrected chi connectivity index (χ1v) is 8.84. The summed E-state index contributed by atoms with van der Waals surface area (Å²) in [6.07, 6.45) is 0. The van der Waals surface area contributed by atoms with Crippen molar-refractivity contribution in [3.8, 4) is 27.8 Å². The molecule has 0 aliphatic rings. The highest BCUT2D eigenvalue weighted by Gasteiger charge is 2.17. The minimum absolute atomic E-state index is 0.0246. The molecule has 0 saturated carbocycles. The van der Waals surface area contributed by atoms with Crippen LogP contribution in [0.5, 0.6) is 17.2 Å². The van der Waals surface area contributed by atoms with Crippen LogP contribution in [-0.2, 0) is 0 Å². The summed E-state index contributed by atoms with van der Waals surface area (Å²) < 4.78 is 29.6. The van der Waals surface area contributed by atoms with Gasteiger partial charge < -0.3 is 19.3 Å². The summed E-state index contributed by atoms with van der Waals surface area (Å²) in [5, 5.41) is 11.0. The van der Waals surface area contributed by atoms with Crippen LogP contribution in [0.1, 0.15) is 10.5 Å². The van der Waals surface area contributed by atoms with Crippen molar-refractivity contribution in [2.24, 2.45) is 0 Å². The highest BCUT2D eigenvalue weighted by molar-refractivity contribution is 7.13. The molecule has 140 valence electrons. The molecule has 0 aliphatic carbocycles.